The third kappa shape index (κ3) is 1.27. The molecule has 2 aromatic rings. The van der Waals surface area contributed by atoms with Gasteiger partial charge in [-0.15, -0.1) is 0 Å². The van der Waals surface area contributed by atoms with Crippen molar-refractivity contribution in [1.82, 2.24) is 0 Å². The third-order valence-electron chi connectivity index (χ3n) is 2.10. The summed E-state index contributed by atoms with van der Waals surface area (Å²) in [6.07, 6.45) is -3.02. The molecule has 0 aliphatic heterocycles. The number of para-hydroxylation sites is 1. The van der Waals surface area contributed by atoms with Gasteiger partial charge in [0.15, 0.2) is 0 Å². The summed E-state index contributed by atoms with van der Waals surface area (Å²) < 4.78 is 42.3. The number of benzene rings is 1. The Morgan fingerprint density at radius 3 is 2.57 bits per heavy atom. The van der Waals surface area contributed by atoms with E-state index in [-0.39, 0.29) is 5.58 Å². The summed E-state index contributed by atoms with van der Waals surface area (Å²) >= 11 is 0. The fourth-order valence-corrected chi connectivity index (χ4v) is 1.41. The fraction of sp³-hybridized carbons (Fsp3) is 0.200. The molecule has 0 saturated carbocycles. The first-order valence-electron chi connectivity index (χ1n) is 4.04. The quantitative estimate of drug-likeness (QED) is 0.631. The summed E-state index contributed by atoms with van der Waals surface area (Å²) in [5.41, 5.74) is -0.0910. The minimum atomic E-state index is -4.36. The van der Waals surface area contributed by atoms with Gasteiger partial charge in [0.05, 0.1) is 11.8 Å². The Morgan fingerprint density at radius 1 is 1.21 bits per heavy atom. The smallest absolute Gasteiger partial charge is 0.420 e. The van der Waals surface area contributed by atoms with Crippen LogP contribution in [0.15, 0.2) is 28.9 Å². The van der Waals surface area contributed by atoms with Gasteiger partial charge in [-0.05, 0) is 18.6 Å². The van der Waals surface area contributed by atoms with Crippen molar-refractivity contribution in [2.45, 2.75) is 13.1 Å². The number of hydrogen-bond acceptors (Lipinski definition) is 1. The average molecular weight is 200 g/mol. The SMILES string of the molecule is Cc1coc2c(C(F)(F)F)cccc12. The molecule has 0 spiro atoms. The van der Waals surface area contributed by atoms with E-state index < -0.39 is 11.7 Å². The highest BCUT2D eigenvalue weighted by Gasteiger charge is 2.34. The Morgan fingerprint density at radius 2 is 1.93 bits per heavy atom. The molecular weight excluding hydrogens is 193 g/mol. The van der Waals surface area contributed by atoms with Crippen molar-refractivity contribution in [3.8, 4) is 0 Å². The van der Waals surface area contributed by atoms with E-state index in [9.17, 15) is 13.2 Å². The van der Waals surface area contributed by atoms with Crippen LogP contribution in [-0.2, 0) is 6.18 Å². The van der Waals surface area contributed by atoms with Crippen LogP contribution in [0.1, 0.15) is 11.1 Å². The maximum absolute atomic E-state index is 12.5. The number of alkyl halides is 3. The van der Waals surface area contributed by atoms with E-state index in [4.69, 9.17) is 4.42 Å². The minimum Gasteiger partial charge on any atom is -0.463 e. The summed E-state index contributed by atoms with van der Waals surface area (Å²) in [6, 6.07) is 4.02. The van der Waals surface area contributed by atoms with Gasteiger partial charge in [0.1, 0.15) is 5.58 Å². The van der Waals surface area contributed by atoms with Crippen LogP contribution in [0, 0.1) is 6.92 Å². The van der Waals surface area contributed by atoms with Gasteiger partial charge in [0.2, 0.25) is 0 Å². The Kier molecular flexibility index (Phi) is 1.80. The molecule has 0 fully saturated rings. The van der Waals surface area contributed by atoms with Crippen LogP contribution < -0.4 is 0 Å². The molecule has 0 N–H and O–H groups in total. The first-order chi connectivity index (χ1) is 6.50. The fourth-order valence-electron chi connectivity index (χ4n) is 1.41. The van der Waals surface area contributed by atoms with Crippen molar-refractivity contribution in [2.75, 3.05) is 0 Å². The zero-order chi connectivity index (χ0) is 10.3. The lowest BCUT2D eigenvalue weighted by Gasteiger charge is -2.06. The Hall–Kier alpha value is -1.45. The second kappa shape index (κ2) is 2.77. The van der Waals surface area contributed by atoms with Crippen LogP contribution in [-0.4, -0.2) is 0 Å². The first kappa shape index (κ1) is 9.12. The van der Waals surface area contributed by atoms with Crippen molar-refractivity contribution in [2.24, 2.45) is 0 Å². The first-order valence-corrected chi connectivity index (χ1v) is 4.04. The summed E-state index contributed by atoms with van der Waals surface area (Å²) in [5, 5.41) is 0.514. The molecule has 0 amide bonds. The van der Waals surface area contributed by atoms with Gasteiger partial charge in [0.25, 0.3) is 0 Å². The van der Waals surface area contributed by atoms with Gasteiger partial charge in [-0.25, -0.2) is 0 Å². The van der Waals surface area contributed by atoms with E-state index >= 15 is 0 Å². The maximum Gasteiger partial charge on any atom is 0.420 e. The van der Waals surface area contributed by atoms with Crippen molar-refractivity contribution in [3.05, 3.63) is 35.6 Å². The van der Waals surface area contributed by atoms with Crippen LogP contribution in [0.2, 0.25) is 0 Å². The lowest BCUT2D eigenvalue weighted by atomic mass is 10.1. The van der Waals surface area contributed by atoms with Gasteiger partial charge in [-0.3, -0.25) is 0 Å². The number of furan rings is 1. The molecule has 14 heavy (non-hydrogen) atoms. The monoisotopic (exact) mass is 200 g/mol. The van der Waals surface area contributed by atoms with Crippen LogP contribution in [0.3, 0.4) is 0 Å². The molecule has 1 nitrogen and oxygen atoms in total. The molecule has 0 radical (unpaired) electrons. The molecule has 0 bridgehead atoms. The molecule has 0 aliphatic carbocycles. The Balaban J connectivity index is 2.79. The van der Waals surface area contributed by atoms with Crippen molar-refractivity contribution < 1.29 is 17.6 Å². The zero-order valence-corrected chi connectivity index (χ0v) is 7.35. The molecule has 1 heterocycles. The Bertz CT molecular complexity index is 468. The second-order valence-electron chi connectivity index (χ2n) is 3.10. The molecule has 0 unspecified atom stereocenters. The second-order valence-corrected chi connectivity index (χ2v) is 3.10. The lowest BCUT2D eigenvalue weighted by Crippen LogP contribution is -2.04. The lowest BCUT2D eigenvalue weighted by molar-refractivity contribution is -0.136. The highest BCUT2D eigenvalue weighted by atomic mass is 19.4. The van der Waals surface area contributed by atoms with Crippen molar-refractivity contribution in [1.29, 1.82) is 0 Å². The van der Waals surface area contributed by atoms with Crippen LogP contribution in [0.5, 0.6) is 0 Å². The van der Waals surface area contributed by atoms with E-state index in [1.54, 1.807) is 13.0 Å². The van der Waals surface area contributed by atoms with Gasteiger partial charge >= 0.3 is 6.18 Å². The predicted molar refractivity (Wildman–Crippen MR) is 46.0 cm³/mol. The van der Waals surface area contributed by atoms with Gasteiger partial charge in [-0.1, -0.05) is 12.1 Å². The predicted octanol–water partition coefficient (Wildman–Crippen LogP) is 3.76. The summed E-state index contributed by atoms with van der Waals surface area (Å²) in [4.78, 5) is 0. The number of fused-ring (bicyclic) bond motifs is 1. The molecule has 2 rings (SSSR count). The summed E-state index contributed by atoms with van der Waals surface area (Å²) in [7, 11) is 0. The van der Waals surface area contributed by atoms with E-state index in [0.29, 0.717) is 10.9 Å². The number of halogens is 3. The average Bonchev–Trinajstić information content (AvgIpc) is 2.46. The van der Waals surface area contributed by atoms with Crippen LogP contribution >= 0.6 is 0 Å². The maximum atomic E-state index is 12.5. The normalized spacial score (nSPS) is 12.3. The van der Waals surface area contributed by atoms with E-state index in [0.717, 1.165) is 6.07 Å². The van der Waals surface area contributed by atoms with Crippen molar-refractivity contribution in [3.63, 3.8) is 0 Å². The Labute approximate surface area is 78.1 Å². The zero-order valence-electron chi connectivity index (χ0n) is 7.35. The van der Waals surface area contributed by atoms with E-state index in [1.807, 2.05) is 0 Å². The van der Waals surface area contributed by atoms with Crippen LogP contribution in [0.25, 0.3) is 11.0 Å². The molecule has 1 aromatic heterocycles. The number of aryl methyl sites for hydroxylation is 1. The molecular formula is C10H7F3O. The molecule has 4 heteroatoms. The van der Waals surface area contributed by atoms with Gasteiger partial charge in [0, 0.05) is 5.39 Å². The highest BCUT2D eigenvalue weighted by Crippen LogP contribution is 2.36. The standard InChI is InChI=1S/C10H7F3O/c1-6-5-14-9-7(6)3-2-4-8(9)10(11,12)13/h2-5H,1H3. The number of rotatable bonds is 0. The van der Waals surface area contributed by atoms with E-state index in [1.165, 1.54) is 12.3 Å². The third-order valence-corrected chi connectivity index (χ3v) is 2.10. The largest absolute Gasteiger partial charge is 0.463 e. The van der Waals surface area contributed by atoms with Gasteiger partial charge in [-0.2, -0.15) is 13.2 Å². The topological polar surface area (TPSA) is 13.1 Å². The number of hydrogen-bond donors (Lipinski definition) is 0. The summed E-state index contributed by atoms with van der Waals surface area (Å²) in [6.45, 7) is 1.71. The minimum absolute atomic E-state index is 0.0856. The molecule has 0 aliphatic rings. The summed E-state index contributed by atoms with van der Waals surface area (Å²) in [5.74, 6) is 0. The van der Waals surface area contributed by atoms with E-state index in [2.05, 4.69) is 0 Å². The van der Waals surface area contributed by atoms with Crippen LogP contribution in [0.4, 0.5) is 13.2 Å². The van der Waals surface area contributed by atoms with Gasteiger partial charge < -0.3 is 4.42 Å². The highest BCUT2D eigenvalue weighted by molar-refractivity contribution is 5.84. The van der Waals surface area contributed by atoms with Crippen molar-refractivity contribution >= 4 is 11.0 Å². The molecule has 0 saturated heterocycles. The molecule has 74 valence electrons. The molecule has 0 atom stereocenters. The molecule has 1 aromatic carbocycles.